The van der Waals surface area contributed by atoms with Gasteiger partial charge in [-0.1, -0.05) is 37.3 Å². The Morgan fingerprint density at radius 1 is 1.14 bits per heavy atom. The maximum Gasteiger partial charge on any atom is 0.0897 e. The third-order valence-corrected chi connectivity index (χ3v) is 3.20. The van der Waals surface area contributed by atoms with E-state index in [1.165, 1.54) is 5.56 Å². The van der Waals surface area contributed by atoms with E-state index < -0.39 is 6.10 Å². The molecule has 1 rings (SSSR count). The lowest BCUT2D eigenvalue weighted by molar-refractivity contribution is -0.0105. The molecule has 1 aromatic rings. The van der Waals surface area contributed by atoms with Gasteiger partial charge >= 0.3 is 0 Å². The Kier molecular flexibility index (Phi) is 9.26. The van der Waals surface area contributed by atoms with Crippen LogP contribution >= 0.6 is 0 Å². The Labute approximate surface area is 128 Å². The summed E-state index contributed by atoms with van der Waals surface area (Å²) in [5.41, 5.74) is 1.25. The molecule has 21 heavy (non-hydrogen) atoms. The molecule has 0 saturated heterocycles. The van der Waals surface area contributed by atoms with Gasteiger partial charge in [-0.2, -0.15) is 0 Å². The fourth-order valence-corrected chi connectivity index (χ4v) is 2.08. The summed E-state index contributed by atoms with van der Waals surface area (Å²) >= 11 is 0. The number of hydrogen-bond donors (Lipinski definition) is 2. The Hall–Kier alpha value is -0.940. The van der Waals surface area contributed by atoms with Crippen molar-refractivity contribution in [3.05, 3.63) is 35.9 Å². The van der Waals surface area contributed by atoms with E-state index in [9.17, 15) is 5.11 Å². The smallest absolute Gasteiger partial charge is 0.0897 e. The van der Waals surface area contributed by atoms with Crippen molar-refractivity contribution in [2.24, 2.45) is 0 Å². The van der Waals surface area contributed by atoms with E-state index in [0.717, 1.165) is 6.42 Å². The third kappa shape index (κ3) is 8.17. The van der Waals surface area contributed by atoms with Gasteiger partial charge in [0.25, 0.3) is 0 Å². The summed E-state index contributed by atoms with van der Waals surface area (Å²) in [4.78, 5) is 0. The summed E-state index contributed by atoms with van der Waals surface area (Å²) in [6.07, 6.45) is 0.706. The van der Waals surface area contributed by atoms with E-state index in [-0.39, 0.29) is 12.1 Å². The first kappa shape index (κ1) is 18.1. The van der Waals surface area contributed by atoms with Crippen molar-refractivity contribution in [1.29, 1.82) is 0 Å². The highest BCUT2D eigenvalue weighted by molar-refractivity contribution is 5.18. The first-order valence-electron chi connectivity index (χ1n) is 7.79. The molecule has 0 bridgehead atoms. The van der Waals surface area contributed by atoms with Crippen molar-refractivity contribution in [3.63, 3.8) is 0 Å². The molecule has 0 amide bonds. The molecule has 1 aromatic carbocycles. The van der Waals surface area contributed by atoms with Gasteiger partial charge < -0.3 is 19.9 Å². The van der Waals surface area contributed by atoms with E-state index >= 15 is 0 Å². The summed E-state index contributed by atoms with van der Waals surface area (Å²) < 4.78 is 10.8. The van der Waals surface area contributed by atoms with Crippen LogP contribution in [0.1, 0.15) is 38.8 Å². The predicted molar refractivity (Wildman–Crippen MR) is 85.4 cm³/mol. The van der Waals surface area contributed by atoms with Gasteiger partial charge in [0.05, 0.1) is 32.0 Å². The molecule has 0 heterocycles. The highest BCUT2D eigenvalue weighted by Crippen LogP contribution is 2.15. The Morgan fingerprint density at radius 2 is 1.86 bits per heavy atom. The second-order valence-corrected chi connectivity index (χ2v) is 5.43. The molecular weight excluding hydrogens is 266 g/mol. The lowest BCUT2D eigenvalue weighted by atomic mass is 10.0. The van der Waals surface area contributed by atoms with Gasteiger partial charge in [-0.3, -0.25) is 0 Å². The quantitative estimate of drug-likeness (QED) is 0.616. The largest absolute Gasteiger partial charge is 0.389 e. The lowest BCUT2D eigenvalue weighted by Crippen LogP contribution is -2.33. The van der Waals surface area contributed by atoms with Gasteiger partial charge in [-0.05, 0) is 25.8 Å². The second kappa shape index (κ2) is 10.7. The molecule has 0 aromatic heterocycles. The first-order chi connectivity index (χ1) is 10.1. The van der Waals surface area contributed by atoms with Crippen LogP contribution < -0.4 is 5.32 Å². The van der Waals surface area contributed by atoms with Crippen LogP contribution in [0, 0.1) is 0 Å². The average molecular weight is 295 g/mol. The average Bonchev–Trinajstić information content (AvgIpc) is 2.48. The molecule has 4 nitrogen and oxygen atoms in total. The van der Waals surface area contributed by atoms with Gasteiger partial charge in [-0.25, -0.2) is 0 Å². The minimum atomic E-state index is -0.498. The van der Waals surface area contributed by atoms with Gasteiger partial charge in [0.15, 0.2) is 0 Å². The van der Waals surface area contributed by atoms with E-state index in [0.29, 0.717) is 26.4 Å². The molecule has 0 saturated carbocycles. The van der Waals surface area contributed by atoms with E-state index in [4.69, 9.17) is 9.47 Å². The van der Waals surface area contributed by atoms with Gasteiger partial charge in [0, 0.05) is 12.6 Å². The second-order valence-electron chi connectivity index (χ2n) is 5.43. The number of aliphatic hydroxyl groups excluding tert-OH is 1. The molecule has 0 fully saturated rings. The zero-order chi connectivity index (χ0) is 15.5. The van der Waals surface area contributed by atoms with Crippen LogP contribution in [0.5, 0.6) is 0 Å². The van der Waals surface area contributed by atoms with Crippen LogP contribution in [0.25, 0.3) is 0 Å². The topological polar surface area (TPSA) is 50.7 Å². The molecular formula is C17H29NO3. The van der Waals surface area contributed by atoms with Crippen LogP contribution in [0.15, 0.2) is 30.3 Å². The zero-order valence-corrected chi connectivity index (χ0v) is 13.4. The normalized spacial score (nSPS) is 14.3. The standard InChI is InChI=1S/C17H29NO3/c1-4-17(15-8-6-5-7-9-15)18-12-16(19)13-20-10-11-21-14(2)3/h5-9,14,16-19H,4,10-13H2,1-3H3. The predicted octanol–water partition coefficient (Wildman–Crippen LogP) is 2.53. The summed E-state index contributed by atoms with van der Waals surface area (Å²) in [6, 6.07) is 10.6. The molecule has 0 spiro atoms. The number of aliphatic hydroxyl groups is 1. The molecule has 4 heteroatoms. The zero-order valence-electron chi connectivity index (χ0n) is 13.4. The number of nitrogens with one attached hydrogen (secondary N) is 1. The minimum Gasteiger partial charge on any atom is -0.389 e. The Balaban J connectivity index is 2.18. The third-order valence-electron chi connectivity index (χ3n) is 3.20. The highest BCUT2D eigenvalue weighted by Gasteiger charge is 2.11. The highest BCUT2D eigenvalue weighted by atomic mass is 16.5. The van der Waals surface area contributed by atoms with Crippen molar-refractivity contribution in [3.8, 4) is 0 Å². The van der Waals surface area contributed by atoms with Gasteiger partial charge in [-0.15, -0.1) is 0 Å². The van der Waals surface area contributed by atoms with Crippen LogP contribution in [-0.2, 0) is 9.47 Å². The molecule has 0 aliphatic heterocycles. The maximum absolute atomic E-state index is 9.92. The fraction of sp³-hybridized carbons (Fsp3) is 0.647. The summed E-state index contributed by atoms with van der Waals surface area (Å²) in [5.74, 6) is 0. The van der Waals surface area contributed by atoms with Crippen molar-refractivity contribution in [2.75, 3.05) is 26.4 Å². The van der Waals surface area contributed by atoms with Crippen LogP contribution in [0.2, 0.25) is 0 Å². The Morgan fingerprint density at radius 3 is 2.48 bits per heavy atom. The van der Waals surface area contributed by atoms with E-state index in [1.807, 2.05) is 32.0 Å². The summed E-state index contributed by atoms with van der Waals surface area (Å²) in [7, 11) is 0. The van der Waals surface area contributed by atoms with Gasteiger partial charge in [0.2, 0.25) is 0 Å². The Bertz CT molecular complexity index is 356. The van der Waals surface area contributed by atoms with Crippen molar-refractivity contribution in [1.82, 2.24) is 5.32 Å². The van der Waals surface area contributed by atoms with Crippen LogP contribution in [-0.4, -0.2) is 43.7 Å². The molecule has 2 atom stereocenters. The van der Waals surface area contributed by atoms with Crippen LogP contribution in [0.3, 0.4) is 0 Å². The van der Waals surface area contributed by atoms with Gasteiger partial charge in [0.1, 0.15) is 0 Å². The first-order valence-corrected chi connectivity index (χ1v) is 7.79. The van der Waals surface area contributed by atoms with Crippen LogP contribution in [0.4, 0.5) is 0 Å². The molecule has 0 aliphatic rings. The van der Waals surface area contributed by atoms with Crippen molar-refractivity contribution in [2.45, 2.75) is 45.4 Å². The summed E-state index contributed by atoms with van der Waals surface area (Å²) in [6.45, 7) is 8.07. The monoisotopic (exact) mass is 295 g/mol. The van der Waals surface area contributed by atoms with Crippen molar-refractivity contribution < 1.29 is 14.6 Å². The number of rotatable bonds is 11. The number of ether oxygens (including phenoxy) is 2. The summed E-state index contributed by atoms with van der Waals surface area (Å²) in [5, 5.41) is 13.3. The molecule has 2 N–H and O–H groups in total. The lowest BCUT2D eigenvalue weighted by Gasteiger charge is -2.20. The maximum atomic E-state index is 9.92. The molecule has 2 unspecified atom stereocenters. The number of hydrogen-bond acceptors (Lipinski definition) is 4. The van der Waals surface area contributed by atoms with Crippen molar-refractivity contribution >= 4 is 0 Å². The van der Waals surface area contributed by atoms with E-state index in [1.54, 1.807) is 0 Å². The molecule has 0 aliphatic carbocycles. The fourth-order valence-electron chi connectivity index (χ4n) is 2.08. The molecule has 120 valence electrons. The molecule has 0 radical (unpaired) electrons. The number of benzene rings is 1. The SMILES string of the molecule is CCC(NCC(O)COCCOC(C)C)c1ccccc1. The van der Waals surface area contributed by atoms with E-state index in [2.05, 4.69) is 24.4 Å². The minimum absolute atomic E-state index is 0.219.